The van der Waals surface area contributed by atoms with E-state index in [0.717, 1.165) is 59.3 Å². The Balaban J connectivity index is 0.000000354. The molecular formula is C50H52N16O24S8. The number of nitriles is 2. The summed E-state index contributed by atoms with van der Waals surface area (Å²) in [5, 5.41) is 75.2. The maximum Gasteiger partial charge on any atom is 0.397 e. The van der Waals surface area contributed by atoms with Crippen LogP contribution in [0.1, 0.15) is 22.3 Å². The fraction of sp³-hybridized carbons (Fsp3) is 0.200. The topological polar surface area (TPSA) is 618 Å². The van der Waals surface area contributed by atoms with Gasteiger partial charge in [0.25, 0.3) is 40.5 Å². The van der Waals surface area contributed by atoms with Gasteiger partial charge in [0.1, 0.15) is 56.3 Å². The third-order valence-corrected chi connectivity index (χ3v) is 18.8. The second-order valence-corrected chi connectivity index (χ2v) is 29.9. The van der Waals surface area contributed by atoms with Crippen molar-refractivity contribution in [1.82, 2.24) is 9.97 Å². The first-order valence-electron chi connectivity index (χ1n) is 26.3. The van der Waals surface area contributed by atoms with Crippen LogP contribution in [-0.2, 0) is 88.3 Å². The van der Waals surface area contributed by atoms with Crippen LogP contribution in [0.3, 0.4) is 0 Å². The zero-order valence-corrected chi connectivity index (χ0v) is 56.5. The van der Waals surface area contributed by atoms with Gasteiger partial charge < -0.3 is 21.3 Å². The van der Waals surface area contributed by atoms with Gasteiger partial charge in [0.2, 0.25) is 0 Å². The number of aromatic nitrogens is 2. The van der Waals surface area contributed by atoms with Gasteiger partial charge in [-0.1, -0.05) is 18.2 Å². The molecular weight excluding hydrogens is 1470 g/mol. The van der Waals surface area contributed by atoms with Crippen molar-refractivity contribution in [2.24, 2.45) is 40.9 Å². The Morgan fingerprint density at radius 3 is 1.20 bits per heavy atom. The number of nitrogens with one attached hydrogen (secondary N) is 4. The van der Waals surface area contributed by atoms with Crippen molar-refractivity contribution in [3.05, 3.63) is 131 Å². The molecule has 524 valence electrons. The van der Waals surface area contributed by atoms with Gasteiger partial charge in [-0.15, -0.1) is 24.8 Å². The molecule has 6 rings (SSSR count). The van der Waals surface area contributed by atoms with Gasteiger partial charge in [0, 0.05) is 48.1 Å². The van der Waals surface area contributed by atoms with Crippen LogP contribution in [0.2, 0.25) is 0 Å². The van der Waals surface area contributed by atoms with Crippen molar-refractivity contribution >= 4 is 152 Å². The summed E-state index contributed by atoms with van der Waals surface area (Å²) in [5.74, 6) is -1.05. The highest BCUT2D eigenvalue weighted by Crippen LogP contribution is 2.39. The maximum atomic E-state index is 12.3. The minimum absolute atomic E-state index is 0.00353. The Hall–Kier alpha value is -9.16. The highest BCUT2D eigenvalue weighted by molar-refractivity contribution is 7.94. The summed E-state index contributed by atoms with van der Waals surface area (Å²) in [6.07, 6.45) is 0. The standard InChI is InChI=1S/2C25H26N8O12S4/c1-3-46(34,35)13-11-28-24-20(15-26)16(2)23(25(29-24)27-10-12-45-49(42,43)44)33-32-21-9-6-18(14-22(21)48(39,40)41)31-30-17-4-7-19(8-5-17)47(36,37)38;1-3-47(35,36)13-11-28-25-23(16(2)20(15-26)24(29-25)27-10-12-43-46-45-44-34)33-32-21-9-6-18(14-22(21)49(40,41)42)31-30-17-4-7-19(8-5-17)48(37,38)39/h3-9,14H,1,10-13H2,2H3,(H2,27,28,29)(H,36,37,38)(H,39,40,41)(H,42,43,44);3-9,14,34H,1,10-13H2,2H3,(H2,27,28,29)(H,37,38,39)(H,40,41,42). The van der Waals surface area contributed by atoms with Gasteiger partial charge in [0.05, 0.1) is 68.4 Å². The molecule has 0 radical (unpaired) electrons. The van der Waals surface area contributed by atoms with Crippen molar-refractivity contribution in [3.63, 3.8) is 0 Å². The quantitative estimate of drug-likeness (QED) is 0.00450. The lowest BCUT2D eigenvalue weighted by atomic mass is 10.1. The number of sulfone groups is 2. The molecule has 0 amide bonds. The number of pyridine rings is 2. The number of anilines is 4. The average Bonchev–Trinajstić information content (AvgIpc) is 0.811. The van der Waals surface area contributed by atoms with Crippen molar-refractivity contribution in [2.75, 3.05) is 72.2 Å². The Morgan fingerprint density at radius 2 is 0.847 bits per heavy atom. The number of hydrogen-bond donors (Lipinski definition) is 10. The van der Waals surface area contributed by atoms with Crippen LogP contribution >= 0.6 is 12.3 Å². The number of benzene rings is 4. The molecule has 0 unspecified atom stereocenters. The number of hydrogen-bond acceptors (Lipinski definition) is 36. The lowest BCUT2D eigenvalue weighted by Crippen LogP contribution is -2.17. The lowest BCUT2D eigenvalue weighted by Gasteiger charge is -2.15. The van der Waals surface area contributed by atoms with Gasteiger partial charge in [-0.3, -0.25) is 26.9 Å². The molecule has 0 aliphatic carbocycles. The zero-order valence-electron chi connectivity index (χ0n) is 50.0. The Labute approximate surface area is 563 Å². The lowest BCUT2D eigenvalue weighted by molar-refractivity contribution is -0.434. The van der Waals surface area contributed by atoms with Gasteiger partial charge in [-0.2, -0.15) is 73.1 Å². The molecule has 98 heavy (non-hydrogen) atoms. The molecule has 2 heterocycles. The van der Waals surface area contributed by atoms with Gasteiger partial charge in [0.15, 0.2) is 43.6 Å². The third-order valence-electron chi connectivity index (χ3n) is 11.9. The molecule has 6 aromatic rings. The fourth-order valence-electron chi connectivity index (χ4n) is 7.31. The van der Waals surface area contributed by atoms with Crippen molar-refractivity contribution in [1.29, 1.82) is 10.5 Å². The predicted molar refractivity (Wildman–Crippen MR) is 347 cm³/mol. The van der Waals surface area contributed by atoms with E-state index in [2.05, 4.69) is 98.9 Å². The van der Waals surface area contributed by atoms with E-state index in [1.165, 1.54) is 50.2 Å². The van der Waals surface area contributed by atoms with Crippen LogP contribution in [0.4, 0.5) is 68.8 Å². The zero-order chi connectivity index (χ0) is 72.9. The molecule has 0 spiro atoms. The summed E-state index contributed by atoms with van der Waals surface area (Å²) in [6, 6.07) is 19.7. The minimum atomic E-state index is -4.96. The molecule has 0 bridgehead atoms. The average molecular weight is 1520 g/mol. The molecule has 10 N–H and O–H groups in total. The predicted octanol–water partition coefficient (Wildman–Crippen LogP) is 8.76. The maximum absolute atomic E-state index is 12.3. The van der Waals surface area contributed by atoms with Crippen LogP contribution in [0.15, 0.2) is 169 Å². The Kier molecular flexibility index (Phi) is 28.3. The van der Waals surface area contributed by atoms with E-state index in [1.54, 1.807) is 0 Å². The van der Waals surface area contributed by atoms with Crippen LogP contribution < -0.4 is 21.3 Å². The number of nitrogens with zero attached hydrogens (tertiary/aromatic N) is 12. The smallest absolute Gasteiger partial charge is 0.368 e. The van der Waals surface area contributed by atoms with E-state index in [1.807, 2.05) is 12.1 Å². The third kappa shape index (κ3) is 24.7. The number of rotatable bonds is 34. The highest BCUT2D eigenvalue weighted by Gasteiger charge is 2.24. The van der Waals surface area contributed by atoms with Gasteiger partial charge in [-0.05, 0) is 98.8 Å². The normalized spacial score (nSPS) is 12.5. The van der Waals surface area contributed by atoms with E-state index in [9.17, 15) is 78.6 Å². The van der Waals surface area contributed by atoms with E-state index in [-0.39, 0.29) is 129 Å². The van der Waals surface area contributed by atoms with Crippen LogP contribution in [0.5, 0.6) is 0 Å². The van der Waals surface area contributed by atoms with Crippen LogP contribution in [0, 0.1) is 36.5 Å². The fourth-order valence-corrected chi connectivity index (χ4v) is 11.2. The summed E-state index contributed by atoms with van der Waals surface area (Å²) in [6.45, 7) is 8.16. The molecule has 48 heteroatoms. The summed E-state index contributed by atoms with van der Waals surface area (Å²) in [4.78, 5) is 6.30. The van der Waals surface area contributed by atoms with Gasteiger partial charge in [-0.25, -0.2) is 36.2 Å². The second-order valence-electron chi connectivity index (χ2n) is 18.6. The van der Waals surface area contributed by atoms with E-state index >= 15 is 0 Å². The van der Waals surface area contributed by atoms with E-state index in [4.69, 9.17) is 23.1 Å². The minimum Gasteiger partial charge on any atom is -0.368 e. The highest BCUT2D eigenvalue weighted by atomic mass is 32.3. The molecule has 0 atom stereocenters. The molecule has 0 saturated carbocycles. The second kappa shape index (κ2) is 34.9. The van der Waals surface area contributed by atoms with E-state index < -0.39 is 103 Å². The first kappa shape index (κ1) is 79.5. The molecule has 0 aliphatic heterocycles. The Bertz CT molecular complexity index is 5020. The molecule has 0 fully saturated rings. The van der Waals surface area contributed by atoms with Crippen LogP contribution in [0.25, 0.3) is 0 Å². The molecule has 0 saturated heterocycles. The van der Waals surface area contributed by atoms with Gasteiger partial charge >= 0.3 is 10.4 Å². The molecule has 4 aromatic carbocycles. The van der Waals surface area contributed by atoms with Crippen molar-refractivity contribution < 1.29 is 105 Å². The molecule has 0 aliphatic rings. The molecule has 40 nitrogen and oxygen atoms in total. The first-order chi connectivity index (χ1) is 45.8. The molecule has 2 aromatic heterocycles. The number of azo groups is 4. The van der Waals surface area contributed by atoms with Crippen molar-refractivity contribution in [3.8, 4) is 12.1 Å². The summed E-state index contributed by atoms with van der Waals surface area (Å²) in [5.41, 5.74) is -0.688. The van der Waals surface area contributed by atoms with E-state index in [0.29, 0.717) is 12.3 Å². The summed E-state index contributed by atoms with van der Waals surface area (Å²) >= 11 is 0.333. The van der Waals surface area contributed by atoms with Crippen molar-refractivity contribution in [2.45, 2.75) is 33.4 Å². The monoisotopic (exact) mass is 1520 g/mol. The Morgan fingerprint density at radius 1 is 0.490 bits per heavy atom. The summed E-state index contributed by atoms with van der Waals surface area (Å²) < 4.78 is 223. The first-order valence-corrected chi connectivity index (χ1v) is 37.5. The largest absolute Gasteiger partial charge is 0.397 e. The van der Waals surface area contributed by atoms with Crippen LogP contribution in [-0.4, -0.2) is 148 Å². The SMILES string of the molecule is C=CS(=O)(=O)CCNc1nc(NCCOS(=O)(=O)O)c(N=Nc2ccc(N=Nc3ccc(S(=O)(=O)O)cc3)cc2S(=O)(=O)O)c(C)c1C#N.C=CS(=O)(=O)CCNc1nc(NCCOSOOO)c(C#N)c(C)c1N=Nc1ccc(N=Nc2ccc(S(=O)(=O)O)cc2)cc1S(=O)(=O)O. The summed E-state index contributed by atoms with van der Waals surface area (Å²) in [7, 11) is -30.8.